The van der Waals surface area contributed by atoms with E-state index >= 15 is 0 Å². The number of nitrogens with one attached hydrogen (secondary N) is 2. The van der Waals surface area contributed by atoms with Crippen LogP contribution in [0.3, 0.4) is 0 Å². The van der Waals surface area contributed by atoms with Crippen molar-refractivity contribution in [1.29, 1.82) is 0 Å². The molecule has 1 atom stereocenters. The minimum atomic E-state index is -0.161. The largest absolute Gasteiger partial charge is 0.497 e. The minimum absolute atomic E-state index is 0.148. The Morgan fingerprint density at radius 3 is 2.58 bits per heavy atom. The average molecular weight is 328 g/mol. The maximum Gasteiger partial charge on any atom is 0.255 e. The van der Waals surface area contributed by atoms with Crippen molar-refractivity contribution in [2.24, 2.45) is 0 Å². The number of aliphatic hydroxyl groups is 1. The summed E-state index contributed by atoms with van der Waals surface area (Å²) in [5, 5.41) is 15.2. The summed E-state index contributed by atoms with van der Waals surface area (Å²) in [7, 11) is 3.49. The number of aliphatic hydroxyl groups excluding tert-OH is 1. The van der Waals surface area contributed by atoms with Gasteiger partial charge in [-0.15, -0.1) is 0 Å². The highest BCUT2D eigenvalue weighted by Crippen LogP contribution is 2.22. The Hall–Kier alpha value is -2.37. The Kier molecular flexibility index (Phi) is 6.78. The monoisotopic (exact) mass is 328 g/mol. The first-order valence-electron chi connectivity index (χ1n) is 8.01. The number of carbonyl (C=O) groups is 1. The molecule has 3 N–H and O–H groups in total. The molecule has 0 aliphatic heterocycles. The molecule has 128 valence electrons. The van der Waals surface area contributed by atoms with E-state index in [1.807, 2.05) is 31.3 Å². The zero-order valence-electron chi connectivity index (χ0n) is 14.1. The van der Waals surface area contributed by atoms with Crippen LogP contribution in [0, 0.1) is 0 Å². The molecule has 1 unspecified atom stereocenters. The first-order valence-corrected chi connectivity index (χ1v) is 8.01. The number of rotatable bonds is 8. The number of anilines is 1. The molecule has 5 heteroatoms. The molecule has 0 aliphatic carbocycles. The SMILES string of the molecule is CNC(CCCO)c1cccc(NC(=O)c2ccc(OC)cc2)c1. The Balaban J connectivity index is 2.08. The summed E-state index contributed by atoms with van der Waals surface area (Å²) in [5.74, 6) is 0.556. The van der Waals surface area contributed by atoms with Gasteiger partial charge in [-0.25, -0.2) is 0 Å². The maximum absolute atomic E-state index is 12.3. The highest BCUT2D eigenvalue weighted by atomic mass is 16.5. The van der Waals surface area contributed by atoms with Crippen LogP contribution >= 0.6 is 0 Å². The van der Waals surface area contributed by atoms with Gasteiger partial charge in [-0.05, 0) is 61.9 Å². The fourth-order valence-electron chi connectivity index (χ4n) is 2.55. The van der Waals surface area contributed by atoms with E-state index in [2.05, 4.69) is 10.6 Å². The molecule has 0 bridgehead atoms. The van der Waals surface area contributed by atoms with E-state index in [1.54, 1.807) is 31.4 Å². The molecule has 0 aromatic heterocycles. The normalized spacial score (nSPS) is 11.8. The van der Waals surface area contributed by atoms with Crippen molar-refractivity contribution in [3.63, 3.8) is 0 Å². The van der Waals surface area contributed by atoms with Gasteiger partial charge >= 0.3 is 0 Å². The number of methoxy groups -OCH3 is 1. The second kappa shape index (κ2) is 9.05. The van der Waals surface area contributed by atoms with Gasteiger partial charge in [0.2, 0.25) is 0 Å². The molecule has 0 fully saturated rings. The van der Waals surface area contributed by atoms with Crippen molar-refractivity contribution in [2.45, 2.75) is 18.9 Å². The minimum Gasteiger partial charge on any atom is -0.497 e. The molecular formula is C19H24N2O3. The van der Waals surface area contributed by atoms with Gasteiger partial charge in [0.25, 0.3) is 5.91 Å². The highest BCUT2D eigenvalue weighted by Gasteiger charge is 2.11. The topological polar surface area (TPSA) is 70.6 Å². The van der Waals surface area contributed by atoms with Gasteiger partial charge in [0.15, 0.2) is 0 Å². The van der Waals surface area contributed by atoms with Gasteiger partial charge in [-0.3, -0.25) is 4.79 Å². The second-order valence-corrected chi connectivity index (χ2v) is 5.52. The summed E-state index contributed by atoms with van der Waals surface area (Å²) >= 11 is 0. The summed E-state index contributed by atoms with van der Waals surface area (Å²) in [6.45, 7) is 0.173. The highest BCUT2D eigenvalue weighted by molar-refractivity contribution is 6.04. The molecule has 1 amide bonds. The van der Waals surface area contributed by atoms with Gasteiger partial charge in [-0.2, -0.15) is 0 Å². The Labute approximate surface area is 142 Å². The van der Waals surface area contributed by atoms with Gasteiger partial charge in [0.05, 0.1) is 7.11 Å². The van der Waals surface area contributed by atoms with Crippen LogP contribution in [0.4, 0.5) is 5.69 Å². The van der Waals surface area contributed by atoms with Crippen molar-refractivity contribution in [3.05, 3.63) is 59.7 Å². The molecule has 0 saturated carbocycles. The summed E-state index contributed by atoms with van der Waals surface area (Å²) in [5.41, 5.74) is 2.41. The van der Waals surface area contributed by atoms with E-state index in [0.717, 1.165) is 24.1 Å². The molecule has 0 aliphatic rings. The zero-order valence-corrected chi connectivity index (χ0v) is 14.1. The number of carbonyl (C=O) groups excluding carboxylic acids is 1. The van der Waals surface area contributed by atoms with Crippen LogP contribution in [0.25, 0.3) is 0 Å². The number of hydrogen-bond acceptors (Lipinski definition) is 4. The van der Waals surface area contributed by atoms with E-state index in [-0.39, 0.29) is 18.6 Å². The van der Waals surface area contributed by atoms with E-state index in [9.17, 15) is 4.79 Å². The number of ether oxygens (including phenoxy) is 1. The van der Waals surface area contributed by atoms with Crippen molar-refractivity contribution in [3.8, 4) is 5.75 Å². The fourth-order valence-corrected chi connectivity index (χ4v) is 2.55. The third-order valence-electron chi connectivity index (χ3n) is 3.90. The lowest BCUT2D eigenvalue weighted by molar-refractivity contribution is 0.102. The van der Waals surface area contributed by atoms with Crippen molar-refractivity contribution in [2.75, 3.05) is 26.1 Å². The molecule has 0 spiro atoms. The lowest BCUT2D eigenvalue weighted by Gasteiger charge is -2.17. The third kappa shape index (κ3) is 4.81. The first-order chi connectivity index (χ1) is 11.7. The Bertz CT molecular complexity index is 656. The van der Waals surface area contributed by atoms with E-state index < -0.39 is 0 Å². The van der Waals surface area contributed by atoms with E-state index in [1.165, 1.54) is 0 Å². The van der Waals surface area contributed by atoms with Crippen LogP contribution in [-0.4, -0.2) is 31.8 Å². The quantitative estimate of drug-likeness (QED) is 0.697. The van der Waals surface area contributed by atoms with Gasteiger partial charge in [0, 0.05) is 23.9 Å². The average Bonchev–Trinajstić information content (AvgIpc) is 2.63. The van der Waals surface area contributed by atoms with Crippen molar-refractivity contribution >= 4 is 11.6 Å². The van der Waals surface area contributed by atoms with Crippen LogP contribution in [-0.2, 0) is 0 Å². The first kappa shape index (κ1) is 18.0. The predicted octanol–water partition coefficient (Wildman–Crippen LogP) is 2.98. The van der Waals surface area contributed by atoms with Crippen LogP contribution in [0.1, 0.15) is 34.8 Å². The smallest absolute Gasteiger partial charge is 0.255 e. The van der Waals surface area contributed by atoms with E-state index in [4.69, 9.17) is 9.84 Å². The van der Waals surface area contributed by atoms with Gasteiger partial charge in [0.1, 0.15) is 5.75 Å². The zero-order chi connectivity index (χ0) is 17.4. The molecule has 24 heavy (non-hydrogen) atoms. The molecule has 2 aromatic carbocycles. The van der Waals surface area contributed by atoms with Crippen molar-refractivity contribution in [1.82, 2.24) is 5.32 Å². The molecule has 2 rings (SSSR count). The summed E-state index contributed by atoms with van der Waals surface area (Å²) in [6.07, 6.45) is 1.57. The molecule has 2 aromatic rings. The molecule has 0 radical (unpaired) electrons. The predicted molar refractivity (Wildman–Crippen MR) is 95.5 cm³/mol. The number of benzene rings is 2. The van der Waals surface area contributed by atoms with Crippen LogP contribution < -0.4 is 15.4 Å². The Morgan fingerprint density at radius 1 is 1.21 bits per heavy atom. The summed E-state index contributed by atoms with van der Waals surface area (Å²) in [4.78, 5) is 12.3. The summed E-state index contributed by atoms with van der Waals surface area (Å²) < 4.78 is 5.10. The van der Waals surface area contributed by atoms with Crippen LogP contribution in [0.2, 0.25) is 0 Å². The number of amides is 1. The molecular weight excluding hydrogens is 304 g/mol. The van der Waals surface area contributed by atoms with Gasteiger partial charge < -0.3 is 20.5 Å². The van der Waals surface area contributed by atoms with E-state index in [0.29, 0.717) is 11.3 Å². The van der Waals surface area contributed by atoms with Gasteiger partial charge in [-0.1, -0.05) is 12.1 Å². The third-order valence-corrected chi connectivity index (χ3v) is 3.90. The second-order valence-electron chi connectivity index (χ2n) is 5.52. The molecule has 0 heterocycles. The van der Waals surface area contributed by atoms with Crippen LogP contribution in [0.15, 0.2) is 48.5 Å². The van der Waals surface area contributed by atoms with Crippen molar-refractivity contribution < 1.29 is 14.6 Å². The summed E-state index contributed by atoms with van der Waals surface area (Å²) in [6, 6.07) is 14.9. The maximum atomic E-state index is 12.3. The van der Waals surface area contributed by atoms with Crippen LogP contribution in [0.5, 0.6) is 5.75 Å². The molecule has 0 saturated heterocycles. The number of hydrogen-bond donors (Lipinski definition) is 3. The standard InChI is InChI=1S/C19H24N2O3/c1-20-18(7-4-12-22)15-5-3-6-16(13-15)21-19(23)14-8-10-17(24-2)11-9-14/h3,5-6,8-11,13,18,20,22H,4,7,12H2,1-2H3,(H,21,23). The fraction of sp³-hybridized carbons (Fsp3) is 0.316. The lowest BCUT2D eigenvalue weighted by atomic mass is 10.0. The Morgan fingerprint density at radius 2 is 1.96 bits per heavy atom. The lowest BCUT2D eigenvalue weighted by Crippen LogP contribution is -2.17. The molecule has 5 nitrogen and oxygen atoms in total.